The zero-order chi connectivity index (χ0) is 19.7. The fourth-order valence-corrected chi connectivity index (χ4v) is 5.04. The summed E-state index contributed by atoms with van der Waals surface area (Å²) in [5.41, 5.74) is 6.92. The van der Waals surface area contributed by atoms with E-state index in [1.54, 1.807) is 24.3 Å². The van der Waals surface area contributed by atoms with Crippen LogP contribution >= 0.6 is 12.4 Å². The van der Waals surface area contributed by atoms with E-state index >= 15 is 0 Å². The third-order valence-electron chi connectivity index (χ3n) is 4.72. The molecule has 152 valence electrons. The van der Waals surface area contributed by atoms with E-state index in [-0.39, 0.29) is 28.8 Å². The van der Waals surface area contributed by atoms with E-state index in [1.165, 1.54) is 24.7 Å². The molecule has 1 atom stereocenters. The molecule has 1 unspecified atom stereocenters. The van der Waals surface area contributed by atoms with Crippen molar-refractivity contribution in [3.63, 3.8) is 0 Å². The lowest BCUT2D eigenvalue weighted by atomic mass is 10.0. The zero-order valence-corrected chi connectivity index (χ0v) is 16.9. The monoisotopic (exact) mass is 435 g/mol. The maximum absolute atomic E-state index is 14.8. The van der Waals surface area contributed by atoms with Gasteiger partial charge in [0.15, 0.2) is 14.9 Å². The number of hydrogen-bond donors (Lipinski definition) is 2. The third-order valence-corrected chi connectivity index (χ3v) is 6.87. The molecule has 4 rings (SSSR count). The Hall–Kier alpha value is -2.62. The van der Waals surface area contributed by atoms with Crippen molar-refractivity contribution in [3.8, 4) is 22.4 Å². The highest BCUT2D eigenvalue weighted by Crippen LogP contribution is 2.32. The van der Waals surface area contributed by atoms with Gasteiger partial charge in [-0.25, -0.2) is 22.8 Å². The van der Waals surface area contributed by atoms with Crippen LogP contribution < -0.4 is 11.1 Å². The van der Waals surface area contributed by atoms with Crippen LogP contribution in [0.15, 0.2) is 53.9 Å². The van der Waals surface area contributed by atoms with Gasteiger partial charge < -0.3 is 11.1 Å². The number of nitrogens with two attached hydrogens (primary N) is 1. The summed E-state index contributed by atoms with van der Waals surface area (Å²) in [4.78, 5) is 12.1. The fourth-order valence-electron chi connectivity index (χ4n) is 3.26. The van der Waals surface area contributed by atoms with Gasteiger partial charge in [-0.2, -0.15) is 0 Å². The summed E-state index contributed by atoms with van der Waals surface area (Å²) in [5.74, 6) is -0.293. The molecule has 7 nitrogen and oxygen atoms in total. The maximum atomic E-state index is 14.8. The van der Waals surface area contributed by atoms with Crippen molar-refractivity contribution < 1.29 is 12.8 Å². The predicted molar refractivity (Wildman–Crippen MR) is 111 cm³/mol. The van der Waals surface area contributed by atoms with Crippen LogP contribution in [-0.2, 0) is 9.84 Å². The molecule has 3 heterocycles. The normalized spacial score (nSPS) is 16.4. The Labute approximate surface area is 173 Å². The molecular weight excluding hydrogens is 417 g/mol. The van der Waals surface area contributed by atoms with Crippen LogP contribution in [0.25, 0.3) is 22.4 Å². The first-order valence-corrected chi connectivity index (χ1v) is 10.3. The third kappa shape index (κ3) is 4.07. The largest absolute Gasteiger partial charge is 0.382 e. The lowest BCUT2D eigenvalue weighted by Crippen LogP contribution is -2.25. The van der Waals surface area contributed by atoms with Crippen LogP contribution in [-0.4, -0.2) is 41.7 Å². The first-order chi connectivity index (χ1) is 13.5. The molecule has 1 fully saturated rings. The molecule has 1 aliphatic rings. The molecule has 0 spiro atoms. The number of halogens is 2. The smallest absolute Gasteiger partial charge is 0.200 e. The molecule has 0 radical (unpaired) electrons. The van der Waals surface area contributed by atoms with Crippen molar-refractivity contribution in [3.05, 3.63) is 54.7 Å². The molecule has 1 aliphatic heterocycles. The Kier molecular flexibility index (Phi) is 6.11. The van der Waals surface area contributed by atoms with Gasteiger partial charge in [-0.15, -0.1) is 12.4 Å². The first-order valence-electron chi connectivity index (χ1n) is 8.74. The summed E-state index contributed by atoms with van der Waals surface area (Å²) in [6.07, 6.45) is 4.71. The Balaban J connectivity index is 0.00000240. The van der Waals surface area contributed by atoms with Crippen molar-refractivity contribution in [2.24, 2.45) is 0 Å². The second kappa shape index (κ2) is 8.40. The number of nitrogens with zero attached hydrogens (tertiary/aromatic N) is 3. The van der Waals surface area contributed by atoms with Crippen molar-refractivity contribution in [2.45, 2.75) is 16.7 Å². The van der Waals surface area contributed by atoms with Crippen LogP contribution in [0, 0.1) is 5.82 Å². The van der Waals surface area contributed by atoms with Gasteiger partial charge in [-0.1, -0.05) is 6.07 Å². The highest BCUT2D eigenvalue weighted by molar-refractivity contribution is 7.92. The number of nitrogen functional groups attached to an aromatic ring is 1. The number of sulfone groups is 1. The van der Waals surface area contributed by atoms with Gasteiger partial charge in [-0.05, 0) is 42.8 Å². The average molecular weight is 436 g/mol. The number of aromatic nitrogens is 3. The Morgan fingerprint density at radius 2 is 1.93 bits per heavy atom. The number of benzene rings is 1. The minimum Gasteiger partial charge on any atom is -0.382 e. The summed E-state index contributed by atoms with van der Waals surface area (Å²) in [6, 6.07) is 7.76. The topological polar surface area (TPSA) is 111 Å². The van der Waals surface area contributed by atoms with E-state index in [9.17, 15) is 12.8 Å². The SMILES string of the molecule is Cl.Nc1cnc(-c2ccc(-c3cccnc3S(=O)(=O)C3CCNC3)cc2F)cn1. The lowest BCUT2D eigenvalue weighted by molar-refractivity contribution is 0.579. The van der Waals surface area contributed by atoms with E-state index in [4.69, 9.17) is 5.73 Å². The van der Waals surface area contributed by atoms with Crippen molar-refractivity contribution in [1.29, 1.82) is 0 Å². The van der Waals surface area contributed by atoms with Crippen LogP contribution in [0.2, 0.25) is 0 Å². The van der Waals surface area contributed by atoms with Gasteiger partial charge in [0.25, 0.3) is 0 Å². The van der Waals surface area contributed by atoms with Gasteiger partial charge in [0, 0.05) is 23.9 Å². The van der Waals surface area contributed by atoms with Gasteiger partial charge in [0.05, 0.1) is 23.3 Å². The summed E-state index contributed by atoms with van der Waals surface area (Å²) >= 11 is 0. The van der Waals surface area contributed by atoms with Crippen LogP contribution in [0.1, 0.15) is 6.42 Å². The van der Waals surface area contributed by atoms with Crippen LogP contribution in [0.3, 0.4) is 0 Å². The minimum atomic E-state index is -3.63. The molecule has 1 saturated heterocycles. The number of anilines is 1. The van der Waals surface area contributed by atoms with Gasteiger partial charge in [0.1, 0.15) is 11.6 Å². The van der Waals surface area contributed by atoms with E-state index in [1.807, 2.05) is 0 Å². The summed E-state index contributed by atoms with van der Waals surface area (Å²) in [6.45, 7) is 1.04. The minimum absolute atomic E-state index is 0. The van der Waals surface area contributed by atoms with Crippen molar-refractivity contribution in [1.82, 2.24) is 20.3 Å². The molecular formula is C19H19ClFN5O2S. The van der Waals surface area contributed by atoms with Crippen LogP contribution in [0.4, 0.5) is 10.2 Å². The molecule has 0 amide bonds. The van der Waals surface area contributed by atoms with Gasteiger partial charge >= 0.3 is 0 Å². The predicted octanol–water partition coefficient (Wildman–Crippen LogP) is 2.48. The highest BCUT2D eigenvalue weighted by Gasteiger charge is 2.33. The Morgan fingerprint density at radius 3 is 2.59 bits per heavy atom. The molecule has 0 bridgehead atoms. The van der Waals surface area contributed by atoms with E-state index in [0.717, 1.165) is 0 Å². The summed E-state index contributed by atoms with van der Waals surface area (Å²) in [7, 11) is -3.63. The number of hydrogen-bond acceptors (Lipinski definition) is 7. The van der Waals surface area contributed by atoms with Crippen molar-refractivity contribution in [2.75, 3.05) is 18.8 Å². The Morgan fingerprint density at radius 1 is 1.10 bits per heavy atom. The Bertz CT molecular complexity index is 1120. The summed E-state index contributed by atoms with van der Waals surface area (Å²) < 4.78 is 40.8. The van der Waals surface area contributed by atoms with E-state index < -0.39 is 20.9 Å². The van der Waals surface area contributed by atoms with E-state index in [0.29, 0.717) is 36.3 Å². The molecule has 10 heteroatoms. The second-order valence-corrected chi connectivity index (χ2v) is 8.68. The zero-order valence-electron chi connectivity index (χ0n) is 15.2. The lowest BCUT2D eigenvalue weighted by Gasteiger charge is -2.14. The molecule has 29 heavy (non-hydrogen) atoms. The standard InChI is InChI=1S/C19H18FN5O2S.ClH/c20-16-8-12(3-4-15(16)17-10-25-18(21)11-24-17)14-2-1-6-23-19(14)28(26,27)13-5-7-22-9-13;/h1-4,6,8,10-11,13,22H,5,7,9H2,(H2,21,25);1H. The number of rotatable bonds is 4. The molecule has 1 aromatic carbocycles. The molecule has 0 aliphatic carbocycles. The maximum Gasteiger partial charge on any atom is 0.200 e. The molecule has 3 N–H and O–H groups in total. The van der Waals surface area contributed by atoms with E-state index in [2.05, 4.69) is 20.3 Å². The molecule has 2 aromatic heterocycles. The molecule has 3 aromatic rings. The van der Waals surface area contributed by atoms with Gasteiger partial charge in [-0.3, -0.25) is 4.98 Å². The van der Waals surface area contributed by atoms with Crippen molar-refractivity contribution >= 4 is 28.1 Å². The first kappa shape index (κ1) is 21.1. The highest BCUT2D eigenvalue weighted by atomic mass is 35.5. The number of nitrogens with one attached hydrogen (secondary N) is 1. The number of pyridine rings is 1. The quantitative estimate of drug-likeness (QED) is 0.647. The van der Waals surface area contributed by atoms with Crippen LogP contribution in [0.5, 0.6) is 0 Å². The molecule has 0 saturated carbocycles. The summed E-state index contributed by atoms with van der Waals surface area (Å²) in [5, 5.41) is 2.50. The van der Waals surface area contributed by atoms with Gasteiger partial charge in [0.2, 0.25) is 0 Å². The second-order valence-electron chi connectivity index (χ2n) is 6.54. The fraction of sp³-hybridized carbons (Fsp3) is 0.211. The average Bonchev–Trinajstić information content (AvgIpc) is 3.25.